The third-order valence-corrected chi connectivity index (χ3v) is 27.1. The quantitative estimate of drug-likeness (QED) is 0.116. The van der Waals surface area contributed by atoms with Gasteiger partial charge in [0.2, 0.25) is 11.8 Å². The fourth-order valence-corrected chi connectivity index (χ4v) is 22.3. The van der Waals surface area contributed by atoms with Crippen molar-refractivity contribution in [3.05, 3.63) is 23.3 Å². The average Bonchev–Trinajstić information content (AvgIpc) is 3.26. The lowest BCUT2D eigenvalue weighted by Gasteiger charge is -2.71. The van der Waals surface area contributed by atoms with Crippen LogP contribution in [0.15, 0.2) is 23.3 Å². The number of allylic oxidation sites excluding steroid dienone is 4. The van der Waals surface area contributed by atoms with Crippen LogP contribution in [-0.4, -0.2) is 69.7 Å². The Morgan fingerprint density at radius 3 is 1.20 bits per heavy atom. The average molecular weight is 984 g/mol. The van der Waals surface area contributed by atoms with Crippen molar-refractivity contribution in [1.82, 2.24) is 10.6 Å². The lowest BCUT2D eigenvalue weighted by Crippen LogP contribution is -2.68. The highest BCUT2D eigenvalue weighted by Gasteiger charge is 2.73. The van der Waals surface area contributed by atoms with Crippen LogP contribution in [0.2, 0.25) is 0 Å². The summed E-state index contributed by atoms with van der Waals surface area (Å²) in [4.78, 5) is 30.1. The largest absolute Gasteiger partial charge is 0.393 e. The van der Waals surface area contributed by atoms with Gasteiger partial charge in [0.25, 0.3) is 0 Å². The maximum atomic E-state index is 15.1. The van der Waals surface area contributed by atoms with Gasteiger partial charge >= 0.3 is 0 Å². The van der Waals surface area contributed by atoms with Gasteiger partial charge in [-0.05, 0) is 212 Å². The molecule has 6 N–H and O–H groups in total. The molecule has 10 aliphatic rings. The summed E-state index contributed by atoms with van der Waals surface area (Å²) in [6, 6.07) is 0. The molecule has 8 heteroatoms. The van der Waals surface area contributed by atoms with Gasteiger partial charge < -0.3 is 31.1 Å². The van der Waals surface area contributed by atoms with Crippen molar-refractivity contribution in [1.29, 1.82) is 0 Å². The zero-order valence-corrected chi connectivity index (χ0v) is 47.4. The molecule has 8 nitrogen and oxygen atoms in total. The Hall–Kier alpha value is -1.74. The molecule has 0 saturated heterocycles. The molecule has 10 rings (SSSR count). The van der Waals surface area contributed by atoms with E-state index in [9.17, 15) is 20.4 Å². The number of nitrogens with one attached hydrogen (secondary N) is 2. The van der Waals surface area contributed by atoms with Crippen molar-refractivity contribution < 1.29 is 30.0 Å². The minimum Gasteiger partial charge on any atom is -0.393 e. The molecule has 400 valence electrons. The van der Waals surface area contributed by atoms with E-state index in [1.54, 1.807) is 0 Å². The Morgan fingerprint density at radius 2 is 0.831 bits per heavy atom. The first kappa shape index (κ1) is 52.7. The Bertz CT molecular complexity index is 2080. The maximum Gasteiger partial charge on any atom is 0.229 e. The van der Waals surface area contributed by atoms with Crippen LogP contribution in [0.5, 0.6) is 0 Å². The second-order valence-electron chi connectivity index (χ2n) is 31.6. The Kier molecular flexibility index (Phi) is 12.2. The molecule has 0 aromatic carbocycles. The van der Waals surface area contributed by atoms with Gasteiger partial charge in [0.1, 0.15) is 0 Å². The highest BCUT2D eigenvalue weighted by molar-refractivity contribution is 5.86. The van der Waals surface area contributed by atoms with E-state index in [0.29, 0.717) is 68.9 Å². The molecule has 18 atom stereocenters. The highest BCUT2D eigenvalue weighted by atomic mass is 16.3. The molecule has 0 heterocycles. The molecule has 0 spiro atoms. The van der Waals surface area contributed by atoms with Gasteiger partial charge in [0.05, 0.1) is 35.2 Å². The number of carbonyl (C=O) groups is 2. The molecule has 0 radical (unpaired) electrons. The van der Waals surface area contributed by atoms with Gasteiger partial charge in [-0.25, -0.2) is 0 Å². The fraction of sp³-hybridized carbons (Fsp3) is 0.905. The predicted octanol–water partition coefficient (Wildman–Crippen LogP) is 11.9. The van der Waals surface area contributed by atoms with Crippen LogP contribution in [0.4, 0.5) is 0 Å². The first-order valence-corrected chi connectivity index (χ1v) is 29.5. The number of fused-ring (bicyclic) bond motifs is 14. The molecule has 2 amide bonds. The molecule has 8 fully saturated rings. The lowest BCUT2D eigenvalue weighted by molar-refractivity contribution is -0.215. The van der Waals surface area contributed by atoms with Crippen molar-refractivity contribution in [3.63, 3.8) is 0 Å². The Labute approximate surface area is 431 Å². The summed E-state index contributed by atoms with van der Waals surface area (Å²) in [6.45, 7) is 34.4. The summed E-state index contributed by atoms with van der Waals surface area (Å²) in [5.74, 6) is 1.69. The number of aliphatic hydroxyl groups excluding tert-OH is 4. The van der Waals surface area contributed by atoms with Crippen molar-refractivity contribution in [2.45, 2.75) is 243 Å². The molecule has 0 aromatic rings. The second kappa shape index (κ2) is 16.4. The van der Waals surface area contributed by atoms with E-state index >= 15 is 9.59 Å². The van der Waals surface area contributed by atoms with E-state index in [1.165, 1.54) is 11.1 Å². The normalized spacial score (nSPS) is 51.9. The van der Waals surface area contributed by atoms with E-state index < -0.39 is 23.0 Å². The molecule has 0 unspecified atom stereocenters. The van der Waals surface area contributed by atoms with Crippen LogP contribution in [0.25, 0.3) is 0 Å². The number of carbonyl (C=O) groups excluding carboxylic acids is 2. The molecule has 0 aliphatic heterocycles. The first-order valence-electron chi connectivity index (χ1n) is 29.5. The van der Waals surface area contributed by atoms with Crippen LogP contribution < -0.4 is 10.6 Å². The SMILES string of the molecule is CC1(C)CC[C@]2(C(=O)NCCCNC(=O)[C@]34CCC(C)(C)C[C@H]3C3=CC[C@@H]5[C@@]6(C)CC[C@H](O)C(C)(C)[C@@H]6CC[C@@]5(C)[C@]3(C)C[C@H]4O)[C@H](O)C[C@]3(C)C(=CC[C@@H]4[C@@]5(C)CC[C@H](O)C(C)(C)[C@@H]5CC[C@]43C)[C@@H]2C1. The number of hydrogen-bond donors (Lipinski definition) is 6. The monoisotopic (exact) mass is 983 g/mol. The molecule has 0 bridgehead atoms. The third-order valence-electron chi connectivity index (χ3n) is 27.1. The number of hydrogen-bond acceptors (Lipinski definition) is 6. The van der Waals surface area contributed by atoms with Crippen LogP contribution >= 0.6 is 0 Å². The predicted molar refractivity (Wildman–Crippen MR) is 284 cm³/mol. The van der Waals surface area contributed by atoms with Crippen LogP contribution in [0.1, 0.15) is 219 Å². The lowest BCUT2D eigenvalue weighted by atomic mass is 9.33. The van der Waals surface area contributed by atoms with Crippen LogP contribution in [0.3, 0.4) is 0 Å². The zero-order valence-electron chi connectivity index (χ0n) is 47.4. The van der Waals surface area contributed by atoms with Crippen molar-refractivity contribution >= 4 is 11.8 Å². The van der Waals surface area contributed by atoms with Gasteiger partial charge in [-0.3, -0.25) is 9.59 Å². The molecule has 10 aliphatic carbocycles. The maximum absolute atomic E-state index is 15.1. The van der Waals surface area contributed by atoms with Crippen LogP contribution in [-0.2, 0) is 9.59 Å². The number of amides is 2. The number of aliphatic hydroxyl groups is 4. The van der Waals surface area contributed by atoms with Gasteiger partial charge in [0.15, 0.2) is 0 Å². The van der Waals surface area contributed by atoms with Crippen molar-refractivity contribution in [2.24, 2.45) is 100 Å². The minimum absolute atomic E-state index is 0.0206. The Balaban J connectivity index is 0.853. The van der Waals surface area contributed by atoms with E-state index in [2.05, 4.69) is 120 Å². The summed E-state index contributed by atoms with van der Waals surface area (Å²) in [5, 5.41) is 54.8. The second-order valence-corrected chi connectivity index (χ2v) is 31.6. The molecule has 0 aromatic heterocycles. The van der Waals surface area contributed by atoms with E-state index in [-0.39, 0.29) is 90.0 Å². The zero-order chi connectivity index (χ0) is 51.8. The van der Waals surface area contributed by atoms with Gasteiger partial charge in [-0.1, -0.05) is 120 Å². The fourth-order valence-electron chi connectivity index (χ4n) is 22.3. The van der Waals surface area contributed by atoms with E-state index in [4.69, 9.17) is 0 Å². The third kappa shape index (κ3) is 6.91. The van der Waals surface area contributed by atoms with Crippen molar-refractivity contribution in [3.8, 4) is 0 Å². The molecule has 71 heavy (non-hydrogen) atoms. The minimum atomic E-state index is -0.889. The molecular weight excluding hydrogens is 881 g/mol. The van der Waals surface area contributed by atoms with Gasteiger partial charge in [0, 0.05) is 13.1 Å². The summed E-state index contributed by atoms with van der Waals surface area (Å²) < 4.78 is 0. The standard InChI is InChI=1S/C63H102N2O6/c1-52(2)28-30-62(40(34-52)38-16-18-44-56(9)24-22-46(66)54(5,6)42(56)20-26-58(44,11)60(38,13)36-48(62)68)50(70)64-32-15-33-65-51(71)63-31-29-53(3,4)35-41(63)39-17-19-45-57(10)25-23-47(67)55(7,8)43(57)21-27-59(45,12)61(39,14)37-49(63)69/h16-17,40-49,66-69H,15,18-37H2,1-14H3,(H,64,70)(H,65,71)/t40-,41-,42-,43-,44+,45+,46-,47-,48+,49+,56-,57-,58+,59+,60+,61+,62+,63+/m0/s1. The van der Waals surface area contributed by atoms with Crippen LogP contribution in [0, 0.1) is 100 Å². The Morgan fingerprint density at radius 1 is 0.465 bits per heavy atom. The summed E-state index contributed by atoms with van der Waals surface area (Å²) in [5.41, 5.74) is 0.630. The highest BCUT2D eigenvalue weighted by Crippen LogP contribution is 2.78. The van der Waals surface area contributed by atoms with Gasteiger partial charge in [-0.2, -0.15) is 0 Å². The molecule has 8 saturated carbocycles. The van der Waals surface area contributed by atoms with E-state index in [0.717, 1.165) is 89.9 Å². The van der Waals surface area contributed by atoms with E-state index in [1.807, 2.05) is 0 Å². The van der Waals surface area contributed by atoms with Crippen molar-refractivity contribution in [2.75, 3.05) is 13.1 Å². The summed E-state index contributed by atoms with van der Waals surface area (Å²) in [7, 11) is 0. The smallest absolute Gasteiger partial charge is 0.229 e. The molecular formula is C63H102N2O6. The topological polar surface area (TPSA) is 139 Å². The summed E-state index contributed by atoms with van der Waals surface area (Å²) >= 11 is 0. The van der Waals surface area contributed by atoms with Gasteiger partial charge in [-0.15, -0.1) is 0 Å². The first-order chi connectivity index (χ1) is 32.8. The number of rotatable bonds is 6. The summed E-state index contributed by atoms with van der Waals surface area (Å²) in [6.07, 6.45) is 19.8.